The van der Waals surface area contributed by atoms with Gasteiger partial charge in [-0.25, -0.2) is 4.79 Å². The normalized spacial score (nSPS) is 9.90. The predicted octanol–water partition coefficient (Wildman–Crippen LogP) is 2.49. The van der Waals surface area contributed by atoms with Crippen LogP contribution in [0, 0.1) is 0 Å². The second kappa shape index (κ2) is 8.98. The summed E-state index contributed by atoms with van der Waals surface area (Å²) in [5, 5.41) is 11.7. The SMILES string of the molecule is C=CCN(CCO)C(=O)Nc1cccc(OCCC)c1. The molecule has 0 bridgehead atoms. The number of urea groups is 1. The van der Waals surface area contributed by atoms with E-state index in [4.69, 9.17) is 9.84 Å². The summed E-state index contributed by atoms with van der Waals surface area (Å²) in [5.41, 5.74) is 0.663. The van der Waals surface area contributed by atoms with Crippen molar-refractivity contribution in [2.45, 2.75) is 13.3 Å². The highest BCUT2D eigenvalue weighted by Crippen LogP contribution is 2.17. The zero-order chi connectivity index (χ0) is 14.8. The van der Waals surface area contributed by atoms with Gasteiger partial charge in [0.2, 0.25) is 0 Å². The maximum Gasteiger partial charge on any atom is 0.322 e. The molecule has 0 fully saturated rings. The Morgan fingerprint density at radius 1 is 1.55 bits per heavy atom. The second-order valence-electron chi connectivity index (χ2n) is 4.26. The van der Waals surface area contributed by atoms with E-state index in [0.29, 0.717) is 18.8 Å². The highest BCUT2D eigenvalue weighted by Gasteiger charge is 2.11. The molecule has 5 heteroatoms. The Morgan fingerprint density at radius 3 is 3.00 bits per heavy atom. The molecule has 0 aliphatic rings. The number of carbonyl (C=O) groups excluding carboxylic acids is 1. The number of nitrogens with one attached hydrogen (secondary N) is 1. The van der Waals surface area contributed by atoms with Crippen LogP contribution in [0.25, 0.3) is 0 Å². The average Bonchev–Trinajstić information content (AvgIpc) is 2.45. The van der Waals surface area contributed by atoms with Gasteiger partial charge in [0.05, 0.1) is 13.2 Å². The number of amides is 2. The quantitative estimate of drug-likeness (QED) is 0.718. The third-order valence-corrected chi connectivity index (χ3v) is 2.56. The summed E-state index contributed by atoms with van der Waals surface area (Å²) in [6.07, 6.45) is 2.55. The standard InChI is InChI=1S/C15H22N2O3/c1-3-8-17(9-10-18)15(19)16-13-6-5-7-14(12-13)20-11-4-2/h3,5-7,12,18H,1,4,8-11H2,2H3,(H,16,19). The number of aliphatic hydroxyl groups is 1. The molecule has 0 aromatic heterocycles. The molecular formula is C15H22N2O3. The molecule has 5 nitrogen and oxygen atoms in total. The number of nitrogens with zero attached hydrogens (tertiary/aromatic N) is 1. The van der Waals surface area contributed by atoms with Crippen molar-refractivity contribution in [3.05, 3.63) is 36.9 Å². The van der Waals surface area contributed by atoms with Crippen molar-refractivity contribution in [2.75, 3.05) is 31.6 Å². The Hall–Kier alpha value is -2.01. The molecule has 1 aromatic carbocycles. The second-order valence-corrected chi connectivity index (χ2v) is 4.26. The minimum Gasteiger partial charge on any atom is -0.494 e. The minimum absolute atomic E-state index is 0.0824. The number of ether oxygens (including phenoxy) is 1. The van der Waals surface area contributed by atoms with Crippen molar-refractivity contribution in [1.82, 2.24) is 4.90 Å². The molecule has 0 saturated heterocycles. The minimum atomic E-state index is -0.272. The maximum absolute atomic E-state index is 12.0. The van der Waals surface area contributed by atoms with Gasteiger partial charge in [-0.15, -0.1) is 6.58 Å². The summed E-state index contributed by atoms with van der Waals surface area (Å²) in [7, 11) is 0. The van der Waals surface area contributed by atoms with Gasteiger partial charge in [-0.1, -0.05) is 19.1 Å². The van der Waals surface area contributed by atoms with Crippen molar-refractivity contribution in [2.24, 2.45) is 0 Å². The first kappa shape index (κ1) is 16.0. The molecule has 0 heterocycles. The van der Waals surface area contributed by atoms with E-state index in [0.717, 1.165) is 12.2 Å². The van der Waals surface area contributed by atoms with Crippen molar-refractivity contribution >= 4 is 11.7 Å². The van der Waals surface area contributed by atoms with Crippen LogP contribution < -0.4 is 10.1 Å². The lowest BCUT2D eigenvalue weighted by Crippen LogP contribution is -2.37. The summed E-state index contributed by atoms with van der Waals surface area (Å²) in [5.74, 6) is 0.724. The van der Waals surface area contributed by atoms with E-state index < -0.39 is 0 Å². The van der Waals surface area contributed by atoms with Gasteiger partial charge in [0, 0.05) is 24.8 Å². The molecule has 0 radical (unpaired) electrons. The Kier molecular flexibility index (Phi) is 7.21. The van der Waals surface area contributed by atoms with Crippen molar-refractivity contribution < 1.29 is 14.6 Å². The number of hydrogen-bond acceptors (Lipinski definition) is 3. The van der Waals surface area contributed by atoms with Crippen LogP contribution in [-0.4, -0.2) is 42.3 Å². The summed E-state index contributed by atoms with van der Waals surface area (Å²) < 4.78 is 5.51. The van der Waals surface area contributed by atoms with Crippen LogP contribution in [0.15, 0.2) is 36.9 Å². The number of rotatable bonds is 8. The van der Waals surface area contributed by atoms with Gasteiger partial charge in [-0.3, -0.25) is 0 Å². The number of aliphatic hydroxyl groups excluding tert-OH is 1. The zero-order valence-corrected chi connectivity index (χ0v) is 11.8. The first-order valence-corrected chi connectivity index (χ1v) is 6.71. The summed E-state index contributed by atoms with van der Waals surface area (Å²) >= 11 is 0. The highest BCUT2D eigenvalue weighted by molar-refractivity contribution is 5.89. The van der Waals surface area contributed by atoms with Crippen molar-refractivity contribution in [1.29, 1.82) is 0 Å². The third kappa shape index (κ3) is 5.32. The fourth-order valence-corrected chi connectivity index (χ4v) is 1.64. The molecule has 2 N–H and O–H groups in total. The van der Waals surface area contributed by atoms with Gasteiger partial charge < -0.3 is 20.1 Å². The van der Waals surface area contributed by atoms with Crippen molar-refractivity contribution in [3.63, 3.8) is 0 Å². The molecule has 110 valence electrons. The summed E-state index contributed by atoms with van der Waals surface area (Å²) in [6, 6.07) is 6.97. The van der Waals surface area contributed by atoms with Crippen LogP contribution in [0.5, 0.6) is 5.75 Å². The molecule has 0 saturated carbocycles. The molecular weight excluding hydrogens is 256 g/mol. The van der Waals surface area contributed by atoms with Crippen LogP contribution in [0.1, 0.15) is 13.3 Å². The molecule has 0 spiro atoms. The number of hydrogen-bond donors (Lipinski definition) is 2. The number of benzene rings is 1. The predicted molar refractivity (Wildman–Crippen MR) is 80.1 cm³/mol. The monoisotopic (exact) mass is 278 g/mol. The van der Waals surface area contributed by atoms with Gasteiger partial charge in [0.15, 0.2) is 0 Å². The summed E-state index contributed by atoms with van der Waals surface area (Å²) in [6.45, 7) is 6.85. The largest absolute Gasteiger partial charge is 0.494 e. The lowest BCUT2D eigenvalue weighted by molar-refractivity contribution is 0.195. The Labute approximate surface area is 119 Å². The molecule has 1 rings (SSSR count). The smallest absolute Gasteiger partial charge is 0.322 e. The topological polar surface area (TPSA) is 61.8 Å². The lowest BCUT2D eigenvalue weighted by Gasteiger charge is -2.20. The fraction of sp³-hybridized carbons (Fsp3) is 0.400. The van der Waals surface area contributed by atoms with Crippen LogP contribution in [-0.2, 0) is 0 Å². The molecule has 0 unspecified atom stereocenters. The van der Waals surface area contributed by atoms with Gasteiger partial charge in [-0.2, -0.15) is 0 Å². The molecule has 1 aromatic rings. The van der Waals surface area contributed by atoms with Gasteiger partial charge in [0.1, 0.15) is 5.75 Å². The zero-order valence-electron chi connectivity index (χ0n) is 11.8. The van der Waals surface area contributed by atoms with Crippen LogP contribution in [0.4, 0.5) is 10.5 Å². The van der Waals surface area contributed by atoms with Gasteiger partial charge in [0.25, 0.3) is 0 Å². The van der Waals surface area contributed by atoms with Gasteiger partial charge >= 0.3 is 6.03 Å². The third-order valence-electron chi connectivity index (χ3n) is 2.56. The van der Waals surface area contributed by atoms with E-state index in [1.807, 2.05) is 19.1 Å². The first-order chi connectivity index (χ1) is 9.71. The fourth-order valence-electron chi connectivity index (χ4n) is 1.64. The number of anilines is 1. The van der Waals surface area contributed by atoms with Gasteiger partial charge in [-0.05, 0) is 18.6 Å². The summed E-state index contributed by atoms with van der Waals surface area (Å²) in [4.78, 5) is 13.5. The van der Waals surface area contributed by atoms with Crippen LogP contribution >= 0.6 is 0 Å². The molecule has 0 atom stereocenters. The van der Waals surface area contributed by atoms with Crippen LogP contribution in [0.3, 0.4) is 0 Å². The van der Waals surface area contributed by atoms with E-state index in [9.17, 15) is 4.79 Å². The van der Waals surface area contributed by atoms with E-state index in [1.54, 1.807) is 18.2 Å². The van der Waals surface area contributed by atoms with E-state index in [1.165, 1.54) is 4.90 Å². The number of carbonyl (C=O) groups is 1. The molecule has 0 aliphatic heterocycles. The van der Waals surface area contributed by atoms with E-state index in [-0.39, 0.29) is 19.2 Å². The highest BCUT2D eigenvalue weighted by atomic mass is 16.5. The maximum atomic E-state index is 12.0. The first-order valence-electron chi connectivity index (χ1n) is 6.71. The Bertz CT molecular complexity index is 435. The van der Waals surface area contributed by atoms with E-state index >= 15 is 0 Å². The lowest BCUT2D eigenvalue weighted by atomic mass is 10.3. The Balaban J connectivity index is 2.65. The van der Waals surface area contributed by atoms with Crippen molar-refractivity contribution in [3.8, 4) is 5.75 Å². The van der Waals surface area contributed by atoms with E-state index in [2.05, 4.69) is 11.9 Å². The molecule has 20 heavy (non-hydrogen) atoms. The van der Waals surface area contributed by atoms with Crippen LogP contribution in [0.2, 0.25) is 0 Å². The average molecular weight is 278 g/mol. The Morgan fingerprint density at radius 2 is 2.35 bits per heavy atom. The molecule has 2 amide bonds. The molecule has 0 aliphatic carbocycles.